The Hall–Kier alpha value is -1.28. The van der Waals surface area contributed by atoms with Crippen molar-refractivity contribution in [1.29, 1.82) is 0 Å². The predicted molar refractivity (Wildman–Crippen MR) is 58.3 cm³/mol. The molecule has 0 atom stereocenters. The van der Waals surface area contributed by atoms with Crippen LogP contribution in [0.1, 0.15) is 12.1 Å². The third kappa shape index (κ3) is 1.53. The molecule has 0 aliphatic heterocycles. The SMILES string of the molecule is Cn1c(CCCO)cc2ccccc21. The maximum Gasteiger partial charge on any atom is 0.0479 e. The molecular weight excluding hydrogens is 174 g/mol. The fourth-order valence-corrected chi connectivity index (χ4v) is 1.85. The van der Waals surface area contributed by atoms with Gasteiger partial charge in [-0.1, -0.05) is 18.2 Å². The summed E-state index contributed by atoms with van der Waals surface area (Å²) in [5.74, 6) is 0. The fourth-order valence-electron chi connectivity index (χ4n) is 1.85. The number of aryl methyl sites for hydroxylation is 2. The number of aromatic nitrogens is 1. The molecule has 0 aliphatic carbocycles. The van der Waals surface area contributed by atoms with Crippen molar-refractivity contribution in [3.8, 4) is 0 Å². The molecule has 0 unspecified atom stereocenters. The molecule has 14 heavy (non-hydrogen) atoms. The summed E-state index contributed by atoms with van der Waals surface area (Å²) >= 11 is 0. The van der Waals surface area contributed by atoms with E-state index in [-0.39, 0.29) is 6.61 Å². The minimum Gasteiger partial charge on any atom is -0.396 e. The van der Waals surface area contributed by atoms with E-state index in [1.807, 2.05) is 0 Å². The minimum absolute atomic E-state index is 0.265. The molecule has 74 valence electrons. The number of aliphatic hydroxyl groups is 1. The van der Waals surface area contributed by atoms with E-state index in [9.17, 15) is 0 Å². The molecule has 1 aromatic heterocycles. The van der Waals surface area contributed by atoms with Crippen molar-refractivity contribution in [3.63, 3.8) is 0 Å². The summed E-state index contributed by atoms with van der Waals surface area (Å²) in [7, 11) is 2.08. The molecule has 1 N–H and O–H groups in total. The molecule has 2 nitrogen and oxygen atoms in total. The van der Waals surface area contributed by atoms with Gasteiger partial charge in [0.1, 0.15) is 0 Å². The standard InChI is InChI=1S/C12H15NO/c1-13-11(6-4-8-14)9-10-5-2-3-7-12(10)13/h2-3,5,7,9,14H,4,6,8H2,1H3. The Labute approximate surface area is 83.8 Å². The quantitative estimate of drug-likeness (QED) is 0.786. The summed E-state index contributed by atoms with van der Waals surface area (Å²) in [4.78, 5) is 0. The summed E-state index contributed by atoms with van der Waals surface area (Å²) in [5.41, 5.74) is 2.56. The Morgan fingerprint density at radius 3 is 2.79 bits per heavy atom. The van der Waals surface area contributed by atoms with Crippen molar-refractivity contribution in [2.45, 2.75) is 12.8 Å². The van der Waals surface area contributed by atoms with Gasteiger partial charge in [0.15, 0.2) is 0 Å². The van der Waals surface area contributed by atoms with E-state index in [4.69, 9.17) is 5.11 Å². The molecule has 0 amide bonds. The number of nitrogens with zero attached hydrogens (tertiary/aromatic N) is 1. The van der Waals surface area contributed by atoms with Crippen LogP contribution in [0.3, 0.4) is 0 Å². The van der Waals surface area contributed by atoms with Crippen LogP contribution in [0.4, 0.5) is 0 Å². The van der Waals surface area contributed by atoms with Crippen LogP contribution in [0, 0.1) is 0 Å². The zero-order chi connectivity index (χ0) is 9.97. The molecule has 0 spiro atoms. The summed E-state index contributed by atoms with van der Waals surface area (Å²) in [6.45, 7) is 0.265. The Kier molecular flexibility index (Phi) is 2.55. The molecule has 2 heteroatoms. The topological polar surface area (TPSA) is 25.2 Å². The molecule has 0 fully saturated rings. The molecule has 1 heterocycles. The molecule has 0 saturated heterocycles. The van der Waals surface area contributed by atoms with Gasteiger partial charge in [-0.2, -0.15) is 0 Å². The first-order valence-electron chi connectivity index (χ1n) is 4.97. The van der Waals surface area contributed by atoms with Gasteiger partial charge < -0.3 is 9.67 Å². The van der Waals surface area contributed by atoms with E-state index >= 15 is 0 Å². The highest BCUT2D eigenvalue weighted by molar-refractivity contribution is 5.81. The largest absolute Gasteiger partial charge is 0.396 e. The summed E-state index contributed by atoms with van der Waals surface area (Å²) in [6, 6.07) is 10.6. The average molecular weight is 189 g/mol. The first kappa shape index (κ1) is 9.28. The van der Waals surface area contributed by atoms with Gasteiger partial charge in [-0.25, -0.2) is 0 Å². The molecule has 0 saturated carbocycles. The van der Waals surface area contributed by atoms with Crippen LogP contribution in [0.25, 0.3) is 10.9 Å². The van der Waals surface area contributed by atoms with Crippen LogP contribution < -0.4 is 0 Å². The molecule has 0 bridgehead atoms. The van der Waals surface area contributed by atoms with Crippen molar-refractivity contribution in [2.24, 2.45) is 7.05 Å². The Balaban J connectivity index is 2.41. The number of benzene rings is 1. The van der Waals surface area contributed by atoms with E-state index in [1.54, 1.807) is 0 Å². The Bertz CT molecular complexity index is 431. The number of hydrogen-bond acceptors (Lipinski definition) is 1. The number of rotatable bonds is 3. The number of para-hydroxylation sites is 1. The zero-order valence-electron chi connectivity index (χ0n) is 8.40. The lowest BCUT2D eigenvalue weighted by Crippen LogP contribution is -1.97. The molecule has 2 aromatic rings. The van der Waals surface area contributed by atoms with Gasteiger partial charge in [0.25, 0.3) is 0 Å². The van der Waals surface area contributed by atoms with E-state index in [0.717, 1.165) is 12.8 Å². The third-order valence-corrected chi connectivity index (χ3v) is 2.64. The lowest BCUT2D eigenvalue weighted by atomic mass is 10.2. The number of hydrogen-bond donors (Lipinski definition) is 1. The van der Waals surface area contributed by atoms with Crippen molar-refractivity contribution in [3.05, 3.63) is 36.0 Å². The van der Waals surface area contributed by atoms with Crippen LogP contribution >= 0.6 is 0 Å². The maximum absolute atomic E-state index is 8.78. The first-order chi connectivity index (χ1) is 6.83. The highest BCUT2D eigenvalue weighted by atomic mass is 16.2. The summed E-state index contributed by atoms with van der Waals surface area (Å²) in [5, 5.41) is 10.1. The van der Waals surface area contributed by atoms with Gasteiger partial charge in [-0.15, -0.1) is 0 Å². The van der Waals surface area contributed by atoms with E-state index in [1.165, 1.54) is 16.6 Å². The van der Waals surface area contributed by atoms with Gasteiger partial charge in [-0.05, 0) is 30.4 Å². The van der Waals surface area contributed by atoms with Crippen LogP contribution in [-0.2, 0) is 13.5 Å². The normalized spacial score (nSPS) is 11.0. The zero-order valence-corrected chi connectivity index (χ0v) is 8.40. The van der Waals surface area contributed by atoms with E-state index < -0.39 is 0 Å². The van der Waals surface area contributed by atoms with Crippen molar-refractivity contribution in [2.75, 3.05) is 6.61 Å². The monoisotopic (exact) mass is 189 g/mol. The number of fused-ring (bicyclic) bond motifs is 1. The summed E-state index contributed by atoms with van der Waals surface area (Å²) in [6.07, 6.45) is 1.78. The predicted octanol–water partition coefficient (Wildman–Crippen LogP) is 2.10. The summed E-state index contributed by atoms with van der Waals surface area (Å²) < 4.78 is 2.20. The second-order valence-corrected chi connectivity index (χ2v) is 3.58. The highest BCUT2D eigenvalue weighted by Crippen LogP contribution is 2.18. The highest BCUT2D eigenvalue weighted by Gasteiger charge is 2.03. The average Bonchev–Trinajstić information content (AvgIpc) is 2.54. The molecular formula is C12H15NO. The van der Waals surface area contributed by atoms with Gasteiger partial charge in [0.2, 0.25) is 0 Å². The van der Waals surface area contributed by atoms with Crippen LogP contribution in [0.5, 0.6) is 0 Å². The smallest absolute Gasteiger partial charge is 0.0479 e. The van der Waals surface area contributed by atoms with Crippen molar-refractivity contribution in [1.82, 2.24) is 4.57 Å². The van der Waals surface area contributed by atoms with Crippen molar-refractivity contribution < 1.29 is 5.11 Å². The van der Waals surface area contributed by atoms with Crippen LogP contribution in [0.15, 0.2) is 30.3 Å². The van der Waals surface area contributed by atoms with Crippen molar-refractivity contribution >= 4 is 10.9 Å². The fraction of sp³-hybridized carbons (Fsp3) is 0.333. The maximum atomic E-state index is 8.78. The third-order valence-electron chi connectivity index (χ3n) is 2.64. The lowest BCUT2D eigenvalue weighted by molar-refractivity contribution is 0.287. The van der Waals surface area contributed by atoms with E-state index in [0.29, 0.717) is 0 Å². The van der Waals surface area contributed by atoms with Gasteiger partial charge in [-0.3, -0.25) is 0 Å². The second-order valence-electron chi connectivity index (χ2n) is 3.58. The Morgan fingerprint density at radius 2 is 2.07 bits per heavy atom. The minimum atomic E-state index is 0.265. The molecule has 0 aliphatic rings. The first-order valence-corrected chi connectivity index (χ1v) is 4.97. The lowest BCUT2D eigenvalue weighted by Gasteiger charge is -2.02. The Morgan fingerprint density at radius 1 is 1.29 bits per heavy atom. The van der Waals surface area contributed by atoms with Crippen LogP contribution in [-0.4, -0.2) is 16.3 Å². The van der Waals surface area contributed by atoms with Gasteiger partial charge in [0.05, 0.1) is 0 Å². The number of aliphatic hydroxyl groups excluding tert-OH is 1. The van der Waals surface area contributed by atoms with Gasteiger partial charge >= 0.3 is 0 Å². The van der Waals surface area contributed by atoms with E-state index in [2.05, 4.69) is 41.9 Å². The second kappa shape index (κ2) is 3.84. The molecule has 0 radical (unpaired) electrons. The molecule has 1 aromatic carbocycles. The van der Waals surface area contributed by atoms with Crippen LogP contribution in [0.2, 0.25) is 0 Å². The molecule has 2 rings (SSSR count). The van der Waals surface area contributed by atoms with Gasteiger partial charge in [0, 0.05) is 24.9 Å².